The second-order valence-corrected chi connectivity index (χ2v) is 10.6. The molecule has 0 bridgehead atoms. The van der Waals surface area contributed by atoms with Gasteiger partial charge in [0.05, 0.1) is 22.2 Å². The first-order valence-electron chi connectivity index (χ1n) is 9.98. The highest BCUT2D eigenvalue weighted by atomic mass is 79.9. The Kier molecular flexibility index (Phi) is 7.11. The number of amidine groups is 1. The minimum Gasteiger partial charge on any atom is -0.493 e. The predicted molar refractivity (Wildman–Crippen MR) is 137 cm³/mol. The number of halogens is 1. The van der Waals surface area contributed by atoms with Crippen molar-refractivity contribution in [2.45, 2.75) is 11.8 Å². The van der Waals surface area contributed by atoms with Crippen molar-refractivity contribution >= 4 is 60.6 Å². The van der Waals surface area contributed by atoms with Crippen LogP contribution >= 0.6 is 27.7 Å². The van der Waals surface area contributed by atoms with Crippen LogP contribution in [0.2, 0.25) is 0 Å². The van der Waals surface area contributed by atoms with E-state index in [0.29, 0.717) is 20.1 Å². The number of nitrogens with one attached hydrogen (secondary N) is 1. The number of ether oxygens (including phenoxy) is 1. The molecule has 0 saturated carbocycles. The van der Waals surface area contributed by atoms with Gasteiger partial charge in [-0.15, -0.1) is 0 Å². The molecule has 4 rings (SSSR count). The molecule has 0 aliphatic carbocycles. The largest absolute Gasteiger partial charge is 0.493 e. The van der Waals surface area contributed by atoms with Gasteiger partial charge in [0.25, 0.3) is 5.91 Å². The van der Waals surface area contributed by atoms with Gasteiger partial charge in [-0.2, -0.15) is 8.42 Å². The van der Waals surface area contributed by atoms with E-state index < -0.39 is 10.1 Å². The Balaban J connectivity index is 1.61. The van der Waals surface area contributed by atoms with Gasteiger partial charge in [0.2, 0.25) is 0 Å². The van der Waals surface area contributed by atoms with Crippen LogP contribution in [0, 0.1) is 6.92 Å². The lowest BCUT2D eigenvalue weighted by Crippen LogP contribution is -2.19. The molecule has 0 aromatic heterocycles. The summed E-state index contributed by atoms with van der Waals surface area (Å²) in [6.45, 7) is 1.86. The summed E-state index contributed by atoms with van der Waals surface area (Å²) in [5.41, 5.74) is 2.27. The molecule has 3 aromatic carbocycles. The Hall–Kier alpha value is -3.08. The second kappa shape index (κ2) is 10.0. The molecular weight excluding hydrogens is 540 g/mol. The molecule has 0 spiro atoms. The number of thioether (sulfide) groups is 1. The molecule has 1 aliphatic rings. The average Bonchev–Trinajstić information content (AvgIpc) is 3.14. The van der Waals surface area contributed by atoms with Gasteiger partial charge in [0.15, 0.2) is 16.7 Å². The molecule has 7 nitrogen and oxygen atoms in total. The van der Waals surface area contributed by atoms with Crippen LogP contribution in [-0.4, -0.2) is 26.6 Å². The van der Waals surface area contributed by atoms with Crippen molar-refractivity contribution in [2.75, 3.05) is 7.11 Å². The van der Waals surface area contributed by atoms with E-state index >= 15 is 0 Å². The summed E-state index contributed by atoms with van der Waals surface area (Å²) in [6, 6.07) is 18.9. The van der Waals surface area contributed by atoms with E-state index in [1.807, 2.05) is 37.3 Å². The molecule has 0 unspecified atom stereocenters. The topological polar surface area (TPSA) is 94.1 Å². The highest BCUT2D eigenvalue weighted by molar-refractivity contribution is 9.10. The van der Waals surface area contributed by atoms with Crippen molar-refractivity contribution in [3.63, 3.8) is 0 Å². The maximum Gasteiger partial charge on any atom is 0.339 e. The fraction of sp³-hybridized carbons (Fsp3) is 0.0833. The lowest BCUT2D eigenvalue weighted by Gasteiger charge is -2.13. The first-order valence-corrected chi connectivity index (χ1v) is 13.0. The predicted octanol–water partition coefficient (Wildman–Crippen LogP) is 5.43. The summed E-state index contributed by atoms with van der Waals surface area (Å²) >= 11 is 4.57. The van der Waals surface area contributed by atoms with Gasteiger partial charge in [0, 0.05) is 0 Å². The SMILES string of the molecule is COc1cc(/C=C2\SC(=Nc3ccccc3)NC2=O)cc(Br)c1OS(=O)(=O)c1ccc(C)cc1. The molecule has 3 aromatic rings. The number of amides is 1. The summed E-state index contributed by atoms with van der Waals surface area (Å²) in [7, 11) is -2.67. The number of aliphatic imine (C=N–C) groups is 1. The summed E-state index contributed by atoms with van der Waals surface area (Å²) in [6.07, 6.45) is 1.67. The van der Waals surface area contributed by atoms with Gasteiger partial charge in [0.1, 0.15) is 4.90 Å². The van der Waals surface area contributed by atoms with E-state index in [-0.39, 0.29) is 22.3 Å². The Labute approximate surface area is 210 Å². The van der Waals surface area contributed by atoms with Crippen molar-refractivity contribution in [3.05, 3.63) is 87.2 Å². The first-order chi connectivity index (χ1) is 16.2. The summed E-state index contributed by atoms with van der Waals surface area (Å²) in [5, 5.41) is 3.21. The molecule has 174 valence electrons. The van der Waals surface area contributed by atoms with Crippen LogP contribution < -0.4 is 14.2 Å². The molecule has 1 saturated heterocycles. The number of hydrogen-bond donors (Lipinski definition) is 1. The molecule has 0 radical (unpaired) electrons. The number of rotatable bonds is 6. The van der Waals surface area contributed by atoms with E-state index in [9.17, 15) is 13.2 Å². The number of methoxy groups -OCH3 is 1. The molecule has 1 heterocycles. The van der Waals surface area contributed by atoms with Crippen LogP contribution in [-0.2, 0) is 14.9 Å². The highest BCUT2D eigenvalue weighted by Crippen LogP contribution is 2.40. The Morgan fingerprint density at radius 1 is 1.06 bits per heavy atom. The zero-order valence-electron chi connectivity index (χ0n) is 18.1. The van der Waals surface area contributed by atoms with E-state index in [0.717, 1.165) is 11.3 Å². The lowest BCUT2D eigenvalue weighted by molar-refractivity contribution is -0.115. The number of para-hydroxylation sites is 1. The van der Waals surface area contributed by atoms with Crippen molar-refractivity contribution in [2.24, 2.45) is 4.99 Å². The number of nitrogens with zero attached hydrogens (tertiary/aromatic N) is 1. The zero-order valence-corrected chi connectivity index (χ0v) is 21.3. The van der Waals surface area contributed by atoms with Crippen LogP contribution in [0.15, 0.2) is 86.0 Å². The number of carbonyl (C=O) groups is 1. The normalized spacial score (nSPS) is 16.0. The van der Waals surface area contributed by atoms with Gasteiger partial charge >= 0.3 is 10.1 Å². The third-order valence-electron chi connectivity index (χ3n) is 4.69. The quantitative estimate of drug-likeness (QED) is 0.320. The first kappa shape index (κ1) is 24.1. The van der Waals surface area contributed by atoms with E-state index in [1.165, 1.54) is 31.0 Å². The zero-order chi connectivity index (χ0) is 24.3. The van der Waals surface area contributed by atoms with Crippen LogP contribution in [0.3, 0.4) is 0 Å². The summed E-state index contributed by atoms with van der Waals surface area (Å²) in [5.74, 6) is -0.0735. The van der Waals surface area contributed by atoms with Crippen molar-refractivity contribution in [1.82, 2.24) is 5.32 Å². The average molecular weight is 559 g/mol. The smallest absolute Gasteiger partial charge is 0.339 e. The number of carbonyl (C=O) groups excluding carboxylic acids is 1. The summed E-state index contributed by atoms with van der Waals surface area (Å²) < 4.78 is 36.6. The highest BCUT2D eigenvalue weighted by Gasteiger charge is 2.25. The van der Waals surface area contributed by atoms with Crippen LogP contribution in [0.25, 0.3) is 6.08 Å². The van der Waals surface area contributed by atoms with Gasteiger partial charge in [-0.1, -0.05) is 35.9 Å². The Morgan fingerprint density at radius 3 is 2.44 bits per heavy atom. The van der Waals surface area contributed by atoms with E-state index in [1.54, 1.807) is 30.3 Å². The van der Waals surface area contributed by atoms with Crippen LogP contribution in [0.1, 0.15) is 11.1 Å². The number of benzene rings is 3. The third kappa shape index (κ3) is 5.52. The summed E-state index contributed by atoms with van der Waals surface area (Å²) in [4.78, 5) is 17.3. The maximum atomic E-state index is 12.7. The second-order valence-electron chi connectivity index (χ2n) is 7.20. The molecule has 1 N–H and O–H groups in total. The monoisotopic (exact) mass is 558 g/mol. The van der Waals surface area contributed by atoms with Crippen molar-refractivity contribution < 1.29 is 22.1 Å². The van der Waals surface area contributed by atoms with Crippen molar-refractivity contribution in [1.29, 1.82) is 0 Å². The standard InChI is InChI=1S/C24H19BrN2O5S2/c1-15-8-10-18(11-9-15)34(29,30)32-22-19(25)12-16(13-20(22)31-2)14-21-23(28)27-24(33-21)26-17-6-4-3-5-7-17/h3-14H,1-2H3,(H,26,27,28)/b21-14-. The molecule has 1 aliphatic heterocycles. The minimum atomic E-state index is -4.08. The van der Waals surface area contributed by atoms with Gasteiger partial charge < -0.3 is 14.2 Å². The van der Waals surface area contributed by atoms with Gasteiger partial charge in [-0.3, -0.25) is 4.79 Å². The molecule has 0 atom stereocenters. The molecule has 34 heavy (non-hydrogen) atoms. The number of aryl methyl sites for hydroxylation is 1. The number of hydrogen-bond acceptors (Lipinski definition) is 7. The Bertz CT molecular complexity index is 1400. The fourth-order valence-electron chi connectivity index (χ4n) is 3.02. The molecular formula is C24H19BrN2O5S2. The minimum absolute atomic E-state index is 0.0140. The lowest BCUT2D eigenvalue weighted by atomic mass is 10.2. The van der Waals surface area contributed by atoms with Gasteiger partial charge in [-0.25, -0.2) is 4.99 Å². The molecule has 1 amide bonds. The van der Waals surface area contributed by atoms with Gasteiger partial charge in [-0.05, 0) is 82.7 Å². The maximum absolute atomic E-state index is 12.7. The molecule has 1 fully saturated rings. The van der Waals surface area contributed by atoms with Crippen LogP contribution in [0.4, 0.5) is 5.69 Å². The van der Waals surface area contributed by atoms with E-state index in [4.69, 9.17) is 8.92 Å². The molecule has 10 heteroatoms. The fourth-order valence-corrected chi connectivity index (χ4v) is 5.47. The van der Waals surface area contributed by atoms with E-state index in [2.05, 4.69) is 26.2 Å². The third-order valence-corrected chi connectivity index (χ3v) is 7.42. The Morgan fingerprint density at radius 2 is 1.76 bits per heavy atom. The van der Waals surface area contributed by atoms with Crippen molar-refractivity contribution in [3.8, 4) is 11.5 Å². The van der Waals surface area contributed by atoms with Crippen LogP contribution in [0.5, 0.6) is 11.5 Å².